The second kappa shape index (κ2) is 10.3. The molecule has 6 nitrogen and oxygen atoms in total. The maximum absolute atomic E-state index is 12.8. The van der Waals surface area contributed by atoms with E-state index in [-0.39, 0.29) is 5.57 Å². The number of halogens is 1. The SMILES string of the molecule is CCOc1cc(Cl)c(/C=C(\C#N)C(=O)Nc2sc3c(c2C#N)CCCC3)cc1OCC. The van der Waals surface area contributed by atoms with Gasteiger partial charge in [-0.25, -0.2) is 0 Å². The monoisotopic (exact) mass is 455 g/mol. The van der Waals surface area contributed by atoms with E-state index in [9.17, 15) is 15.3 Å². The number of aryl methyl sites for hydroxylation is 1. The smallest absolute Gasteiger partial charge is 0.266 e. The molecule has 0 atom stereocenters. The summed E-state index contributed by atoms with van der Waals surface area (Å²) in [7, 11) is 0. The van der Waals surface area contributed by atoms with Gasteiger partial charge in [0.2, 0.25) is 0 Å². The first-order chi connectivity index (χ1) is 15.0. The summed E-state index contributed by atoms with van der Waals surface area (Å²) in [6.07, 6.45) is 5.28. The molecule has 2 aromatic rings. The van der Waals surface area contributed by atoms with Gasteiger partial charge in [0.05, 0.1) is 23.8 Å². The molecule has 0 spiro atoms. The number of carbonyl (C=O) groups is 1. The average molecular weight is 456 g/mol. The first-order valence-electron chi connectivity index (χ1n) is 10.1. The molecule has 1 aliphatic carbocycles. The molecule has 1 N–H and O–H groups in total. The summed E-state index contributed by atoms with van der Waals surface area (Å²) in [5.41, 5.74) is 1.87. The van der Waals surface area contributed by atoms with Gasteiger partial charge in [-0.1, -0.05) is 11.6 Å². The van der Waals surface area contributed by atoms with Crippen molar-refractivity contribution in [2.45, 2.75) is 39.5 Å². The predicted octanol–water partition coefficient (Wildman–Crippen LogP) is 5.50. The maximum atomic E-state index is 12.8. The van der Waals surface area contributed by atoms with Gasteiger partial charge < -0.3 is 14.8 Å². The average Bonchev–Trinajstić information content (AvgIpc) is 3.11. The lowest BCUT2D eigenvalue weighted by molar-refractivity contribution is -0.112. The van der Waals surface area contributed by atoms with Crippen LogP contribution in [0.4, 0.5) is 5.00 Å². The van der Waals surface area contributed by atoms with Crippen molar-refractivity contribution in [3.63, 3.8) is 0 Å². The molecular weight excluding hydrogens is 434 g/mol. The minimum Gasteiger partial charge on any atom is -0.490 e. The quantitative estimate of drug-likeness (QED) is 0.439. The number of rotatable bonds is 7. The van der Waals surface area contributed by atoms with E-state index < -0.39 is 5.91 Å². The van der Waals surface area contributed by atoms with Crippen molar-refractivity contribution in [1.29, 1.82) is 10.5 Å². The normalized spacial score (nSPS) is 13.0. The first kappa shape index (κ1) is 22.7. The highest BCUT2D eigenvalue weighted by atomic mass is 35.5. The van der Waals surface area contributed by atoms with Crippen molar-refractivity contribution >= 4 is 39.9 Å². The highest BCUT2D eigenvalue weighted by Gasteiger charge is 2.23. The summed E-state index contributed by atoms with van der Waals surface area (Å²) in [5, 5.41) is 22.7. The van der Waals surface area contributed by atoms with Crippen LogP contribution in [0.15, 0.2) is 17.7 Å². The van der Waals surface area contributed by atoms with Crippen LogP contribution in [0.25, 0.3) is 6.08 Å². The third kappa shape index (κ3) is 5.02. The summed E-state index contributed by atoms with van der Waals surface area (Å²) < 4.78 is 11.1. The predicted molar refractivity (Wildman–Crippen MR) is 122 cm³/mol. The Morgan fingerprint density at radius 3 is 2.52 bits per heavy atom. The molecule has 1 aromatic carbocycles. The minimum absolute atomic E-state index is 0.122. The van der Waals surface area contributed by atoms with Gasteiger partial charge in [0, 0.05) is 10.9 Å². The van der Waals surface area contributed by atoms with Crippen LogP contribution in [0.3, 0.4) is 0 Å². The third-order valence-electron chi connectivity index (χ3n) is 4.84. The molecule has 31 heavy (non-hydrogen) atoms. The summed E-state index contributed by atoms with van der Waals surface area (Å²) in [6.45, 7) is 4.58. The van der Waals surface area contributed by atoms with Gasteiger partial charge in [-0.15, -0.1) is 11.3 Å². The van der Waals surface area contributed by atoms with Gasteiger partial charge in [0.25, 0.3) is 5.91 Å². The van der Waals surface area contributed by atoms with Crippen molar-refractivity contribution in [2.24, 2.45) is 0 Å². The number of thiophene rings is 1. The highest BCUT2D eigenvalue weighted by molar-refractivity contribution is 7.16. The van der Waals surface area contributed by atoms with Crippen molar-refractivity contribution in [3.8, 4) is 23.6 Å². The highest BCUT2D eigenvalue weighted by Crippen LogP contribution is 2.38. The summed E-state index contributed by atoms with van der Waals surface area (Å²) >= 11 is 7.77. The topological polar surface area (TPSA) is 95.1 Å². The molecule has 1 aromatic heterocycles. The van der Waals surface area contributed by atoms with Crippen molar-refractivity contribution in [2.75, 3.05) is 18.5 Å². The largest absolute Gasteiger partial charge is 0.490 e. The van der Waals surface area contributed by atoms with Crippen LogP contribution in [0.5, 0.6) is 11.5 Å². The van der Waals surface area contributed by atoms with Crippen LogP contribution < -0.4 is 14.8 Å². The van der Waals surface area contributed by atoms with Gasteiger partial charge >= 0.3 is 0 Å². The van der Waals surface area contributed by atoms with Crippen LogP contribution in [0.1, 0.15) is 48.3 Å². The number of nitrogens with one attached hydrogen (secondary N) is 1. The Bertz CT molecular complexity index is 1110. The fourth-order valence-electron chi connectivity index (χ4n) is 3.44. The molecule has 1 amide bonds. The summed E-state index contributed by atoms with van der Waals surface area (Å²) in [5.74, 6) is 0.396. The van der Waals surface area contributed by atoms with E-state index in [1.54, 1.807) is 12.1 Å². The zero-order chi connectivity index (χ0) is 22.4. The fourth-order valence-corrected chi connectivity index (χ4v) is 4.89. The molecule has 1 aliphatic rings. The second-order valence-electron chi connectivity index (χ2n) is 6.84. The van der Waals surface area contributed by atoms with E-state index in [0.717, 1.165) is 36.1 Å². The number of nitrogens with zero attached hydrogens (tertiary/aromatic N) is 2. The zero-order valence-electron chi connectivity index (χ0n) is 17.4. The summed E-state index contributed by atoms with van der Waals surface area (Å²) in [4.78, 5) is 14.0. The van der Waals surface area contributed by atoms with Gasteiger partial charge in [0.1, 0.15) is 22.7 Å². The van der Waals surface area contributed by atoms with Gasteiger partial charge in [-0.2, -0.15) is 10.5 Å². The van der Waals surface area contributed by atoms with Crippen molar-refractivity contribution < 1.29 is 14.3 Å². The van der Waals surface area contributed by atoms with Gasteiger partial charge in [0.15, 0.2) is 11.5 Å². The lowest BCUT2D eigenvalue weighted by Gasteiger charge is -2.13. The second-order valence-corrected chi connectivity index (χ2v) is 8.35. The lowest BCUT2D eigenvalue weighted by atomic mass is 9.96. The Morgan fingerprint density at radius 1 is 1.19 bits per heavy atom. The Morgan fingerprint density at radius 2 is 1.87 bits per heavy atom. The molecular formula is C23H22ClN3O3S. The van der Waals surface area contributed by atoms with Crippen molar-refractivity contribution in [1.82, 2.24) is 0 Å². The Kier molecular flexibility index (Phi) is 7.57. The molecule has 8 heteroatoms. The zero-order valence-corrected chi connectivity index (χ0v) is 19.0. The number of nitriles is 2. The minimum atomic E-state index is -0.583. The first-order valence-corrected chi connectivity index (χ1v) is 11.3. The van der Waals surface area contributed by atoms with E-state index >= 15 is 0 Å². The Balaban J connectivity index is 1.91. The third-order valence-corrected chi connectivity index (χ3v) is 6.37. The molecule has 0 aliphatic heterocycles. The molecule has 0 bridgehead atoms. The standard InChI is InChI=1S/C23H22ClN3O3S/c1-3-29-19-10-14(18(24)11-20(19)30-4-2)9-15(12-25)22(28)27-23-17(13-26)16-7-5-6-8-21(16)31-23/h9-11H,3-8H2,1-2H3,(H,27,28)/b15-9+. The number of hydrogen-bond acceptors (Lipinski definition) is 6. The molecule has 160 valence electrons. The molecule has 3 rings (SSSR count). The number of amides is 1. The molecule has 0 unspecified atom stereocenters. The number of fused-ring (bicyclic) bond motifs is 1. The fraction of sp³-hybridized carbons (Fsp3) is 0.348. The number of benzene rings is 1. The molecule has 0 saturated carbocycles. The molecule has 0 saturated heterocycles. The Labute approximate surface area is 190 Å². The van der Waals surface area contributed by atoms with Crippen LogP contribution in [0.2, 0.25) is 5.02 Å². The van der Waals surface area contributed by atoms with Gasteiger partial charge in [-0.3, -0.25) is 4.79 Å². The number of hydrogen-bond donors (Lipinski definition) is 1. The van der Waals surface area contributed by atoms with Crippen LogP contribution in [-0.2, 0) is 17.6 Å². The summed E-state index contributed by atoms with van der Waals surface area (Å²) in [6, 6.07) is 7.39. The number of ether oxygens (including phenoxy) is 2. The van der Waals surface area contributed by atoms with E-state index in [0.29, 0.717) is 45.9 Å². The van der Waals surface area contributed by atoms with E-state index in [1.165, 1.54) is 17.4 Å². The van der Waals surface area contributed by atoms with Crippen LogP contribution in [-0.4, -0.2) is 19.1 Å². The van der Waals surface area contributed by atoms with Crippen LogP contribution >= 0.6 is 22.9 Å². The lowest BCUT2D eigenvalue weighted by Crippen LogP contribution is -2.13. The number of anilines is 1. The number of carbonyl (C=O) groups excluding carboxylic acids is 1. The van der Waals surface area contributed by atoms with E-state index in [4.69, 9.17) is 21.1 Å². The van der Waals surface area contributed by atoms with Gasteiger partial charge in [-0.05, 0) is 62.8 Å². The van der Waals surface area contributed by atoms with E-state index in [2.05, 4.69) is 11.4 Å². The molecule has 0 radical (unpaired) electrons. The molecule has 1 heterocycles. The van der Waals surface area contributed by atoms with Crippen molar-refractivity contribution in [3.05, 3.63) is 44.3 Å². The molecule has 0 fully saturated rings. The van der Waals surface area contributed by atoms with Crippen LogP contribution in [0, 0.1) is 22.7 Å². The Hall–Kier alpha value is -3.00. The maximum Gasteiger partial charge on any atom is 0.266 e. The van der Waals surface area contributed by atoms with E-state index in [1.807, 2.05) is 19.9 Å².